The summed E-state index contributed by atoms with van der Waals surface area (Å²) in [4.78, 5) is 0. The Balaban J connectivity index is 1.83. The van der Waals surface area contributed by atoms with Crippen molar-refractivity contribution in [1.29, 1.82) is 0 Å². The van der Waals surface area contributed by atoms with Crippen molar-refractivity contribution in [2.45, 2.75) is 45.7 Å². The van der Waals surface area contributed by atoms with Crippen LogP contribution in [0.25, 0.3) is 0 Å². The van der Waals surface area contributed by atoms with Gasteiger partial charge in [0, 0.05) is 38.0 Å². The fraction of sp³-hybridized carbons (Fsp3) is 0.786. The molecular formula is C14H25N3O. The van der Waals surface area contributed by atoms with Crippen molar-refractivity contribution in [3.8, 4) is 0 Å². The fourth-order valence-electron chi connectivity index (χ4n) is 2.68. The van der Waals surface area contributed by atoms with E-state index in [1.807, 2.05) is 6.20 Å². The minimum absolute atomic E-state index is 0.759. The molecule has 1 aliphatic carbocycles. The van der Waals surface area contributed by atoms with Crippen LogP contribution in [0.3, 0.4) is 0 Å². The Bertz CT molecular complexity index is 356. The molecule has 1 aromatic heterocycles. The van der Waals surface area contributed by atoms with Crippen LogP contribution in [0.5, 0.6) is 0 Å². The monoisotopic (exact) mass is 251 g/mol. The van der Waals surface area contributed by atoms with E-state index in [4.69, 9.17) is 4.74 Å². The largest absolute Gasteiger partial charge is 0.383 e. The van der Waals surface area contributed by atoms with Crippen molar-refractivity contribution in [3.63, 3.8) is 0 Å². The molecule has 0 aliphatic heterocycles. The number of aromatic nitrogens is 2. The third kappa shape index (κ3) is 3.56. The number of hydrogen-bond acceptors (Lipinski definition) is 3. The summed E-state index contributed by atoms with van der Waals surface area (Å²) in [6, 6.07) is 0. The molecule has 18 heavy (non-hydrogen) atoms. The molecule has 0 bridgehead atoms. The minimum Gasteiger partial charge on any atom is -0.383 e. The normalized spacial score (nSPS) is 16.6. The van der Waals surface area contributed by atoms with E-state index in [2.05, 4.69) is 22.0 Å². The smallest absolute Gasteiger partial charge is 0.0587 e. The van der Waals surface area contributed by atoms with Gasteiger partial charge in [-0.05, 0) is 25.7 Å². The van der Waals surface area contributed by atoms with Gasteiger partial charge in [-0.15, -0.1) is 0 Å². The maximum absolute atomic E-state index is 5.02. The van der Waals surface area contributed by atoms with Gasteiger partial charge in [0.25, 0.3) is 0 Å². The van der Waals surface area contributed by atoms with Crippen LogP contribution < -0.4 is 5.32 Å². The van der Waals surface area contributed by atoms with E-state index in [-0.39, 0.29) is 0 Å². The molecule has 1 N–H and O–H groups in total. The molecular weight excluding hydrogens is 226 g/mol. The van der Waals surface area contributed by atoms with Gasteiger partial charge < -0.3 is 10.1 Å². The lowest BCUT2D eigenvalue weighted by atomic mass is 10.1. The molecule has 0 unspecified atom stereocenters. The van der Waals surface area contributed by atoms with Crippen LogP contribution in [0.15, 0.2) is 6.20 Å². The lowest BCUT2D eigenvalue weighted by Crippen LogP contribution is -2.19. The van der Waals surface area contributed by atoms with Gasteiger partial charge in [0.2, 0.25) is 0 Å². The van der Waals surface area contributed by atoms with E-state index in [9.17, 15) is 0 Å². The molecule has 1 aliphatic rings. The van der Waals surface area contributed by atoms with Crippen LogP contribution in [0, 0.1) is 12.8 Å². The van der Waals surface area contributed by atoms with Gasteiger partial charge in [-0.3, -0.25) is 4.68 Å². The number of methoxy groups -OCH3 is 1. The average Bonchev–Trinajstić information content (AvgIpc) is 2.99. The lowest BCUT2D eigenvalue weighted by Gasteiger charge is -2.11. The fourth-order valence-corrected chi connectivity index (χ4v) is 2.68. The molecule has 0 amide bonds. The van der Waals surface area contributed by atoms with E-state index in [1.54, 1.807) is 7.11 Å². The first-order chi connectivity index (χ1) is 8.81. The Labute approximate surface area is 110 Å². The van der Waals surface area contributed by atoms with E-state index < -0.39 is 0 Å². The third-order valence-corrected chi connectivity index (χ3v) is 3.91. The van der Waals surface area contributed by atoms with Crippen LogP contribution in [-0.4, -0.2) is 30.0 Å². The van der Waals surface area contributed by atoms with Gasteiger partial charge in [-0.2, -0.15) is 5.10 Å². The highest BCUT2D eigenvalue weighted by atomic mass is 16.5. The molecule has 1 fully saturated rings. The summed E-state index contributed by atoms with van der Waals surface area (Å²) >= 11 is 0. The molecule has 1 heterocycles. The van der Waals surface area contributed by atoms with Gasteiger partial charge >= 0.3 is 0 Å². The van der Waals surface area contributed by atoms with Crippen molar-refractivity contribution in [1.82, 2.24) is 15.1 Å². The standard InChI is InChI=1S/C14H25N3O/c1-12-14(9-15-7-8-18-2)10-16-17(12)11-13-5-3-4-6-13/h10,13,15H,3-9,11H2,1-2H3. The maximum atomic E-state index is 5.02. The van der Waals surface area contributed by atoms with Crippen molar-refractivity contribution in [2.24, 2.45) is 5.92 Å². The Morgan fingerprint density at radius 2 is 2.22 bits per heavy atom. The minimum atomic E-state index is 0.759. The second-order valence-corrected chi connectivity index (χ2v) is 5.26. The molecule has 4 nitrogen and oxygen atoms in total. The van der Waals surface area contributed by atoms with Gasteiger partial charge in [0.05, 0.1) is 12.8 Å². The molecule has 0 saturated heterocycles. The predicted molar refractivity (Wildman–Crippen MR) is 72.5 cm³/mol. The number of hydrogen-bond donors (Lipinski definition) is 1. The molecule has 0 radical (unpaired) electrons. The van der Waals surface area contributed by atoms with Crippen LogP contribution in [0.2, 0.25) is 0 Å². The Kier molecular flexibility index (Phi) is 5.20. The van der Waals surface area contributed by atoms with Gasteiger partial charge in [0.15, 0.2) is 0 Å². The molecule has 1 aromatic rings. The first-order valence-electron chi connectivity index (χ1n) is 7.02. The summed E-state index contributed by atoms with van der Waals surface area (Å²) in [6.07, 6.45) is 7.55. The molecule has 4 heteroatoms. The summed E-state index contributed by atoms with van der Waals surface area (Å²) < 4.78 is 7.20. The van der Waals surface area contributed by atoms with E-state index in [0.717, 1.165) is 32.2 Å². The summed E-state index contributed by atoms with van der Waals surface area (Å²) in [6.45, 7) is 5.82. The first-order valence-corrected chi connectivity index (χ1v) is 7.02. The zero-order valence-corrected chi connectivity index (χ0v) is 11.6. The number of rotatable bonds is 7. The van der Waals surface area contributed by atoms with Crippen molar-refractivity contribution >= 4 is 0 Å². The highest BCUT2D eigenvalue weighted by molar-refractivity contribution is 5.15. The SMILES string of the molecule is COCCNCc1cnn(CC2CCCC2)c1C. The molecule has 2 rings (SSSR count). The second kappa shape index (κ2) is 6.90. The number of nitrogens with one attached hydrogen (secondary N) is 1. The molecule has 102 valence electrons. The molecule has 0 aromatic carbocycles. The number of ether oxygens (including phenoxy) is 1. The van der Waals surface area contributed by atoms with Crippen LogP contribution in [0.1, 0.15) is 36.9 Å². The third-order valence-electron chi connectivity index (χ3n) is 3.91. The van der Waals surface area contributed by atoms with Crippen LogP contribution >= 0.6 is 0 Å². The van der Waals surface area contributed by atoms with Gasteiger partial charge in [-0.25, -0.2) is 0 Å². The predicted octanol–water partition coefficient (Wildman–Crippen LogP) is 2.12. The van der Waals surface area contributed by atoms with E-state index in [1.165, 1.54) is 36.9 Å². The Hall–Kier alpha value is -0.870. The van der Waals surface area contributed by atoms with Crippen molar-refractivity contribution < 1.29 is 4.74 Å². The summed E-state index contributed by atoms with van der Waals surface area (Å²) in [5.74, 6) is 0.845. The van der Waals surface area contributed by atoms with Gasteiger partial charge in [-0.1, -0.05) is 12.8 Å². The van der Waals surface area contributed by atoms with Crippen LogP contribution in [-0.2, 0) is 17.8 Å². The highest BCUT2D eigenvalue weighted by Gasteiger charge is 2.17. The molecule has 0 atom stereocenters. The molecule has 0 spiro atoms. The molecule has 1 saturated carbocycles. The maximum Gasteiger partial charge on any atom is 0.0587 e. The van der Waals surface area contributed by atoms with Crippen LogP contribution in [0.4, 0.5) is 0 Å². The summed E-state index contributed by atoms with van der Waals surface area (Å²) in [5.41, 5.74) is 2.62. The lowest BCUT2D eigenvalue weighted by molar-refractivity contribution is 0.199. The Morgan fingerprint density at radius 3 is 2.94 bits per heavy atom. The highest BCUT2D eigenvalue weighted by Crippen LogP contribution is 2.26. The van der Waals surface area contributed by atoms with Gasteiger partial charge in [0.1, 0.15) is 0 Å². The zero-order chi connectivity index (χ0) is 12.8. The Morgan fingerprint density at radius 1 is 1.44 bits per heavy atom. The number of nitrogens with zero attached hydrogens (tertiary/aromatic N) is 2. The zero-order valence-electron chi connectivity index (χ0n) is 11.6. The quantitative estimate of drug-likeness (QED) is 0.754. The van der Waals surface area contributed by atoms with E-state index >= 15 is 0 Å². The van der Waals surface area contributed by atoms with Crippen molar-refractivity contribution in [2.75, 3.05) is 20.3 Å². The topological polar surface area (TPSA) is 39.1 Å². The summed E-state index contributed by atoms with van der Waals surface area (Å²) in [5, 5.41) is 7.90. The second-order valence-electron chi connectivity index (χ2n) is 5.26. The average molecular weight is 251 g/mol. The van der Waals surface area contributed by atoms with E-state index in [0.29, 0.717) is 0 Å². The van der Waals surface area contributed by atoms with Crippen molar-refractivity contribution in [3.05, 3.63) is 17.5 Å². The summed E-state index contributed by atoms with van der Waals surface area (Å²) in [7, 11) is 1.73. The first kappa shape index (κ1) is 13.6.